The lowest BCUT2D eigenvalue weighted by atomic mass is 10.0. The molecule has 0 saturated carbocycles. The Balaban J connectivity index is 1.28. The van der Waals surface area contributed by atoms with Crippen LogP contribution in [0.3, 0.4) is 0 Å². The number of piperazine rings is 1. The monoisotopic (exact) mass is 420 g/mol. The van der Waals surface area contributed by atoms with E-state index in [1.165, 1.54) is 0 Å². The molecule has 0 spiro atoms. The van der Waals surface area contributed by atoms with Crippen molar-refractivity contribution in [3.8, 4) is 11.1 Å². The molecule has 1 fully saturated rings. The zero-order valence-electron chi connectivity index (χ0n) is 16.8. The van der Waals surface area contributed by atoms with Gasteiger partial charge in [-0.1, -0.05) is 60.1 Å². The minimum Gasteiger partial charge on any atom is -0.354 e. The Hall–Kier alpha value is -2.89. The maximum absolute atomic E-state index is 12.6. The number of carbonyl (C=O) groups is 1. The molecule has 2 heterocycles. The van der Waals surface area contributed by atoms with Crippen LogP contribution in [0.4, 0.5) is 11.5 Å². The van der Waals surface area contributed by atoms with Crippen molar-refractivity contribution in [3.05, 3.63) is 77.9 Å². The fourth-order valence-corrected chi connectivity index (χ4v) is 3.80. The number of para-hydroxylation sites is 1. The lowest BCUT2D eigenvalue weighted by Gasteiger charge is -2.35. The van der Waals surface area contributed by atoms with Crippen molar-refractivity contribution < 1.29 is 4.79 Å². The molecule has 30 heavy (non-hydrogen) atoms. The smallest absolute Gasteiger partial charge is 0.225 e. The summed E-state index contributed by atoms with van der Waals surface area (Å²) in [6, 6.07) is 21.9. The van der Waals surface area contributed by atoms with Gasteiger partial charge in [-0.15, -0.1) is 0 Å². The number of hydrogen-bond donors (Lipinski definition) is 1. The van der Waals surface area contributed by atoms with Gasteiger partial charge in [-0.25, -0.2) is 4.98 Å². The first-order chi connectivity index (χ1) is 14.7. The molecule has 1 aliphatic heterocycles. The maximum atomic E-state index is 12.6. The van der Waals surface area contributed by atoms with Crippen LogP contribution in [0, 0.1) is 0 Å². The lowest BCUT2D eigenvalue weighted by molar-refractivity contribution is -0.116. The minimum atomic E-state index is 0.0418. The number of halogens is 1. The largest absolute Gasteiger partial charge is 0.354 e. The van der Waals surface area contributed by atoms with Crippen molar-refractivity contribution in [1.29, 1.82) is 0 Å². The van der Waals surface area contributed by atoms with Gasteiger partial charge in [-0.2, -0.15) is 0 Å². The van der Waals surface area contributed by atoms with Crippen molar-refractivity contribution in [1.82, 2.24) is 9.88 Å². The SMILES string of the molecule is O=C(CCN1CCN(c2ccc(Cl)cn2)CC1)Nc1ccccc1-c1ccccc1. The van der Waals surface area contributed by atoms with Gasteiger partial charge in [0.05, 0.1) is 5.02 Å². The summed E-state index contributed by atoms with van der Waals surface area (Å²) in [4.78, 5) is 21.6. The van der Waals surface area contributed by atoms with Crippen LogP contribution in [0.15, 0.2) is 72.9 Å². The molecule has 3 aromatic rings. The van der Waals surface area contributed by atoms with E-state index in [9.17, 15) is 4.79 Å². The van der Waals surface area contributed by atoms with Crippen LogP contribution in [0.25, 0.3) is 11.1 Å². The molecule has 5 nitrogen and oxygen atoms in total. The Kier molecular flexibility index (Phi) is 6.62. The fraction of sp³-hybridized carbons (Fsp3) is 0.250. The molecule has 0 radical (unpaired) electrons. The highest BCUT2D eigenvalue weighted by Crippen LogP contribution is 2.27. The average molecular weight is 421 g/mol. The van der Waals surface area contributed by atoms with Crippen LogP contribution in [0.5, 0.6) is 0 Å². The molecule has 1 N–H and O–H groups in total. The first-order valence-corrected chi connectivity index (χ1v) is 10.6. The second kappa shape index (κ2) is 9.74. The molecule has 4 rings (SSSR count). The summed E-state index contributed by atoms with van der Waals surface area (Å²) in [6.45, 7) is 4.37. The molecule has 6 heteroatoms. The summed E-state index contributed by atoms with van der Waals surface area (Å²) in [6.07, 6.45) is 2.16. The van der Waals surface area contributed by atoms with Crippen molar-refractivity contribution in [2.45, 2.75) is 6.42 Å². The molecular formula is C24H25ClN4O. The van der Waals surface area contributed by atoms with Gasteiger partial charge in [0.2, 0.25) is 5.91 Å². The van der Waals surface area contributed by atoms with E-state index in [0.717, 1.165) is 55.4 Å². The molecule has 0 atom stereocenters. The van der Waals surface area contributed by atoms with Crippen LogP contribution in [0.2, 0.25) is 5.02 Å². The first kappa shape index (κ1) is 20.4. The van der Waals surface area contributed by atoms with Gasteiger partial charge in [0.15, 0.2) is 0 Å². The molecule has 1 aromatic heterocycles. The van der Waals surface area contributed by atoms with Gasteiger partial charge >= 0.3 is 0 Å². The van der Waals surface area contributed by atoms with Crippen molar-refractivity contribution in [2.75, 3.05) is 42.9 Å². The van der Waals surface area contributed by atoms with Crippen LogP contribution in [-0.4, -0.2) is 48.5 Å². The molecule has 0 unspecified atom stereocenters. The predicted octanol–water partition coefficient (Wildman–Crippen LogP) is 4.55. The molecule has 1 amide bonds. The number of carbonyl (C=O) groups excluding carboxylic acids is 1. The molecule has 1 saturated heterocycles. The Morgan fingerprint density at radius 3 is 2.40 bits per heavy atom. The van der Waals surface area contributed by atoms with Crippen molar-refractivity contribution >= 4 is 29.0 Å². The first-order valence-electron chi connectivity index (χ1n) is 10.2. The highest BCUT2D eigenvalue weighted by Gasteiger charge is 2.18. The van der Waals surface area contributed by atoms with E-state index in [1.54, 1.807) is 6.20 Å². The van der Waals surface area contributed by atoms with Crippen molar-refractivity contribution in [3.63, 3.8) is 0 Å². The predicted molar refractivity (Wildman–Crippen MR) is 123 cm³/mol. The van der Waals surface area contributed by atoms with Crippen LogP contribution in [0.1, 0.15) is 6.42 Å². The fourth-order valence-electron chi connectivity index (χ4n) is 3.69. The summed E-state index contributed by atoms with van der Waals surface area (Å²) < 4.78 is 0. The number of amides is 1. The van der Waals surface area contributed by atoms with Gasteiger partial charge < -0.3 is 10.2 Å². The minimum absolute atomic E-state index is 0.0418. The number of anilines is 2. The van der Waals surface area contributed by atoms with Gasteiger partial charge in [0, 0.05) is 56.6 Å². The summed E-state index contributed by atoms with van der Waals surface area (Å²) in [5.41, 5.74) is 2.99. The molecule has 0 bridgehead atoms. The zero-order valence-corrected chi connectivity index (χ0v) is 17.6. The number of benzene rings is 2. The maximum Gasteiger partial charge on any atom is 0.225 e. The topological polar surface area (TPSA) is 48.5 Å². The summed E-state index contributed by atoms with van der Waals surface area (Å²) in [7, 11) is 0. The average Bonchev–Trinajstić information content (AvgIpc) is 2.80. The highest BCUT2D eigenvalue weighted by molar-refractivity contribution is 6.30. The summed E-state index contributed by atoms with van der Waals surface area (Å²) in [5, 5.41) is 3.74. The molecule has 1 aliphatic rings. The van der Waals surface area contributed by atoms with E-state index >= 15 is 0 Å². The standard InChI is InChI=1S/C24H25ClN4O/c25-20-10-11-23(26-18-20)29-16-14-28(15-17-29)13-12-24(30)27-22-9-5-4-8-21(22)19-6-2-1-3-7-19/h1-11,18H,12-17H2,(H,27,30). The number of hydrogen-bond acceptors (Lipinski definition) is 4. The van der Waals surface area contributed by atoms with E-state index < -0.39 is 0 Å². The Morgan fingerprint density at radius 1 is 0.933 bits per heavy atom. The zero-order chi connectivity index (χ0) is 20.8. The third kappa shape index (κ3) is 5.17. The molecule has 2 aromatic carbocycles. The molecule has 0 aliphatic carbocycles. The molecular weight excluding hydrogens is 396 g/mol. The molecule has 154 valence electrons. The van der Waals surface area contributed by atoms with E-state index in [1.807, 2.05) is 54.6 Å². The summed E-state index contributed by atoms with van der Waals surface area (Å²) >= 11 is 5.92. The third-order valence-electron chi connectivity index (χ3n) is 5.35. The number of nitrogens with zero attached hydrogens (tertiary/aromatic N) is 3. The van der Waals surface area contributed by atoms with E-state index in [-0.39, 0.29) is 5.91 Å². The Bertz CT molecular complexity index is 970. The van der Waals surface area contributed by atoms with Gasteiger partial charge in [0.25, 0.3) is 0 Å². The van der Waals surface area contributed by atoms with E-state index in [4.69, 9.17) is 11.6 Å². The van der Waals surface area contributed by atoms with Gasteiger partial charge in [-0.05, 0) is 23.8 Å². The van der Waals surface area contributed by atoms with E-state index in [2.05, 4.69) is 32.2 Å². The lowest BCUT2D eigenvalue weighted by Crippen LogP contribution is -2.47. The Labute approximate surface area is 182 Å². The number of pyridine rings is 1. The second-order valence-corrected chi connectivity index (χ2v) is 7.81. The van der Waals surface area contributed by atoms with Gasteiger partial charge in [0.1, 0.15) is 5.82 Å². The van der Waals surface area contributed by atoms with Crippen molar-refractivity contribution in [2.24, 2.45) is 0 Å². The number of aromatic nitrogens is 1. The second-order valence-electron chi connectivity index (χ2n) is 7.37. The summed E-state index contributed by atoms with van der Waals surface area (Å²) in [5.74, 6) is 0.995. The third-order valence-corrected chi connectivity index (χ3v) is 5.57. The number of rotatable bonds is 6. The quantitative estimate of drug-likeness (QED) is 0.635. The van der Waals surface area contributed by atoms with E-state index in [0.29, 0.717) is 11.4 Å². The van der Waals surface area contributed by atoms with Gasteiger partial charge in [-0.3, -0.25) is 9.69 Å². The van der Waals surface area contributed by atoms with Crippen LogP contribution < -0.4 is 10.2 Å². The number of nitrogens with one attached hydrogen (secondary N) is 1. The van der Waals surface area contributed by atoms with Crippen LogP contribution >= 0.6 is 11.6 Å². The van der Waals surface area contributed by atoms with Crippen LogP contribution in [-0.2, 0) is 4.79 Å². The Morgan fingerprint density at radius 2 is 1.67 bits per heavy atom. The normalized spacial score (nSPS) is 14.5. The highest BCUT2D eigenvalue weighted by atomic mass is 35.5.